The van der Waals surface area contributed by atoms with Crippen molar-refractivity contribution in [2.75, 3.05) is 26.3 Å². The molecule has 2 amide bonds. The summed E-state index contributed by atoms with van der Waals surface area (Å²) in [6.07, 6.45) is 1.36. The Bertz CT molecular complexity index is 834. The van der Waals surface area contributed by atoms with E-state index in [9.17, 15) is 9.59 Å². The molecule has 0 radical (unpaired) electrons. The maximum atomic E-state index is 12.8. The zero-order chi connectivity index (χ0) is 17.6. The molecule has 0 bridgehead atoms. The van der Waals surface area contributed by atoms with Gasteiger partial charge in [-0.3, -0.25) is 14.3 Å². The zero-order valence-electron chi connectivity index (χ0n) is 14.2. The van der Waals surface area contributed by atoms with Crippen LogP contribution in [0.5, 0.6) is 0 Å². The van der Waals surface area contributed by atoms with E-state index in [4.69, 9.17) is 9.26 Å². The molecule has 0 aromatic carbocycles. The Morgan fingerprint density at radius 2 is 1.88 bits per heavy atom. The molecule has 9 nitrogen and oxygen atoms in total. The minimum absolute atomic E-state index is 0.101. The van der Waals surface area contributed by atoms with Crippen LogP contribution >= 0.6 is 0 Å². The van der Waals surface area contributed by atoms with Gasteiger partial charge in [-0.15, -0.1) is 0 Å². The summed E-state index contributed by atoms with van der Waals surface area (Å²) in [4.78, 5) is 28.9. The molecule has 0 aliphatic carbocycles. The summed E-state index contributed by atoms with van der Waals surface area (Å²) >= 11 is 0. The number of aryl methyl sites for hydroxylation is 2. The molecule has 9 heteroatoms. The van der Waals surface area contributed by atoms with E-state index in [0.717, 1.165) is 11.3 Å². The van der Waals surface area contributed by atoms with Gasteiger partial charge in [-0.2, -0.15) is 5.10 Å². The number of nitrogens with zero attached hydrogens (tertiary/aromatic N) is 5. The van der Waals surface area contributed by atoms with Crippen LogP contribution in [0, 0.1) is 6.92 Å². The molecular weight excluding hydrogens is 326 g/mol. The zero-order valence-corrected chi connectivity index (χ0v) is 14.2. The van der Waals surface area contributed by atoms with Crippen LogP contribution in [-0.2, 0) is 24.9 Å². The molecule has 0 unspecified atom stereocenters. The van der Waals surface area contributed by atoms with Crippen molar-refractivity contribution in [3.63, 3.8) is 0 Å². The van der Waals surface area contributed by atoms with Crippen molar-refractivity contribution in [1.29, 1.82) is 0 Å². The number of carbonyl (C=O) groups is 2. The second-order valence-corrected chi connectivity index (χ2v) is 6.28. The van der Waals surface area contributed by atoms with Crippen LogP contribution in [-0.4, -0.2) is 62.9 Å². The van der Waals surface area contributed by atoms with Gasteiger partial charge in [0, 0.05) is 25.7 Å². The number of hydrogen-bond donors (Lipinski definition) is 0. The van der Waals surface area contributed by atoms with E-state index in [-0.39, 0.29) is 11.8 Å². The molecule has 1 saturated heterocycles. The Morgan fingerprint density at radius 1 is 1.12 bits per heavy atom. The van der Waals surface area contributed by atoms with Crippen molar-refractivity contribution in [3.05, 3.63) is 34.5 Å². The maximum Gasteiger partial charge on any atom is 0.274 e. The first-order valence-corrected chi connectivity index (χ1v) is 8.18. The lowest BCUT2D eigenvalue weighted by Gasteiger charge is -2.26. The smallest absolute Gasteiger partial charge is 0.274 e. The van der Waals surface area contributed by atoms with E-state index in [2.05, 4.69) is 10.3 Å². The number of amides is 2. The Kier molecular flexibility index (Phi) is 3.79. The van der Waals surface area contributed by atoms with Gasteiger partial charge in [-0.25, -0.2) is 0 Å². The molecule has 0 atom stereocenters. The van der Waals surface area contributed by atoms with E-state index in [1.165, 1.54) is 6.26 Å². The van der Waals surface area contributed by atoms with Gasteiger partial charge in [0.1, 0.15) is 11.8 Å². The van der Waals surface area contributed by atoms with Crippen LogP contribution in [0.15, 0.2) is 10.8 Å². The highest BCUT2D eigenvalue weighted by molar-refractivity contribution is 5.97. The molecule has 2 aromatic heterocycles. The monoisotopic (exact) mass is 345 g/mol. The number of carbonyl (C=O) groups excluding carboxylic acids is 2. The first-order valence-electron chi connectivity index (χ1n) is 8.18. The number of morpholine rings is 1. The van der Waals surface area contributed by atoms with Crippen molar-refractivity contribution in [3.8, 4) is 0 Å². The number of fused-ring (bicyclic) bond motifs is 1. The highest BCUT2D eigenvalue weighted by Crippen LogP contribution is 2.28. The summed E-state index contributed by atoms with van der Waals surface area (Å²) in [6.45, 7) is 4.71. The lowest BCUT2D eigenvalue weighted by atomic mass is 10.2. The molecule has 2 aliphatic rings. The molecule has 0 spiro atoms. The van der Waals surface area contributed by atoms with Crippen molar-refractivity contribution in [2.24, 2.45) is 7.05 Å². The van der Waals surface area contributed by atoms with E-state index in [1.54, 1.807) is 28.5 Å². The lowest BCUT2D eigenvalue weighted by Crippen LogP contribution is -2.41. The van der Waals surface area contributed by atoms with Gasteiger partial charge in [0.15, 0.2) is 5.69 Å². The summed E-state index contributed by atoms with van der Waals surface area (Å²) < 4.78 is 11.9. The molecule has 2 aliphatic heterocycles. The number of ether oxygens (including phenoxy) is 1. The van der Waals surface area contributed by atoms with Gasteiger partial charge >= 0.3 is 0 Å². The van der Waals surface area contributed by atoms with Crippen molar-refractivity contribution in [2.45, 2.75) is 20.0 Å². The van der Waals surface area contributed by atoms with Crippen molar-refractivity contribution < 1.29 is 18.8 Å². The Balaban J connectivity index is 1.58. The number of hydrogen-bond acceptors (Lipinski definition) is 6. The number of aromatic nitrogens is 3. The SMILES string of the molecule is Cc1nocc1C(=O)N1Cc2c(C(=O)N3CCOCC3)nn(C)c2C1. The van der Waals surface area contributed by atoms with Crippen molar-refractivity contribution in [1.82, 2.24) is 24.7 Å². The summed E-state index contributed by atoms with van der Waals surface area (Å²) in [5.74, 6) is -0.254. The molecule has 4 heterocycles. The molecule has 0 N–H and O–H groups in total. The fourth-order valence-corrected chi connectivity index (χ4v) is 3.29. The summed E-state index contributed by atoms with van der Waals surface area (Å²) in [5, 5.41) is 8.15. The third kappa shape index (κ3) is 2.60. The fourth-order valence-electron chi connectivity index (χ4n) is 3.29. The van der Waals surface area contributed by atoms with E-state index in [1.807, 2.05) is 0 Å². The minimum Gasteiger partial charge on any atom is -0.378 e. The molecule has 132 valence electrons. The standard InChI is InChI=1S/C16H19N5O4/c1-10-12(9-25-18-10)15(22)21-7-11-13(8-21)19(2)17-14(11)16(23)20-3-5-24-6-4-20/h9H,3-8H2,1-2H3. The first kappa shape index (κ1) is 15.8. The maximum absolute atomic E-state index is 12.8. The largest absolute Gasteiger partial charge is 0.378 e. The predicted octanol–water partition coefficient (Wildman–Crippen LogP) is 0.345. The Morgan fingerprint density at radius 3 is 2.56 bits per heavy atom. The second-order valence-electron chi connectivity index (χ2n) is 6.28. The molecular formula is C16H19N5O4. The quantitative estimate of drug-likeness (QED) is 0.779. The lowest BCUT2D eigenvalue weighted by molar-refractivity contribution is 0.0297. The van der Waals surface area contributed by atoms with Crippen molar-refractivity contribution >= 4 is 11.8 Å². The summed E-state index contributed by atoms with van der Waals surface area (Å²) in [5.41, 5.74) is 3.14. The van der Waals surface area contributed by atoms with Gasteiger partial charge in [0.25, 0.3) is 11.8 Å². The van der Waals surface area contributed by atoms with Crippen LogP contribution in [0.3, 0.4) is 0 Å². The third-order valence-electron chi connectivity index (χ3n) is 4.73. The second kappa shape index (κ2) is 5.99. The fraction of sp³-hybridized carbons (Fsp3) is 0.500. The van der Waals surface area contributed by atoms with E-state index >= 15 is 0 Å². The normalized spacial score (nSPS) is 17.0. The molecule has 4 rings (SSSR count). The molecule has 0 saturated carbocycles. The Hall–Kier alpha value is -2.68. The van der Waals surface area contributed by atoms with Crippen LogP contribution in [0.4, 0.5) is 0 Å². The first-order chi connectivity index (χ1) is 12.1. The van der Waals surface area contributed by atoms with Gasteiger partial charge in [-0.05, 0) is 6.92 Å². The minimum atomic E-state index is -0.153. The van der Waals surface area contributed by atoms with Gasteiger partial charge < -0.3 is 19.1 Å². The topological polar surface area (TPSA) is 93.7 Å². The van der Waals surface area contributed by atoms with Crippen LogP contribution in [0.1, 0.15) is 37.8 Å². The summed E-state index contributed by atoms with van der Waals surface area (Å²) in [7, 11) is 1.80. The highest BCUT2D eigenvalue weighted by atomic mass is 16.5. The predicted molar refractivity (Wildman–Crippen MR) is 84.7 cm³/mol. The average molecular weight is 345 g/mol. The van der Waals surface area contributed by atoms with Crippen LogP contribution in [0.2, 0.25) is 0 Å². The van der Waals surface area contributed by atoms with Gasteiger partial charge in [0.05, 0.1) is 37.7 Å². The molecule has 2 aromatic rings. The van der Waals surface area contributed by atoms with E-state index < -0.39 is 0 Å². The number of rotatable bonds is 2. The van der Waals surface area contributed by atoms with Gasteiger partial charge in [0.2, 0.25) is 0 Å². The van der Waals surface area contributed by atoms with Crippen LogP contribution < -0.4 is 0 Å². The van der Waals surface area contributed by atoms with Gasteiger partial charge in [-0.1, -0.05) is 5.16 Å². The molecule has 1 fully saturated rings. The summed E-state index contributed by atoms with van der Waals surface area (Å²) in [6, 6.07) is 0. The van der Waals surface area contributed by atoms with Crippen LogP contribution in [0.25, 0.3) is 0 Å². The average Bonchev–Trinajstić information content (AvgIpc) is 3.31. The molecule has 25 heavy (non-hydrogen) atoms. The third-order valence-corrected chi connectivity index (χ3v) is 4.73. The Labute approximate surface area is 144 Å². The van der Waals surface area contributed by atoms with E-state index in [0.29, 0.717) is 56.3 Å². The highest BCUT2D eigenvalue weighted by Gasteiger charge is 2.35.